The maximum atomic E-state index is 6.18. The van der Waals surface area contributed by atoms with Crippen molar-refractivity contribution >= 4 is 0 Å². The fourth-order valence-corrected chi connectivity index (χ4v) is 3.53. The van der Waals surface area contributed by atoms with Crippen LogP contribution in [0.15, 0.2) is 24.3 Å². The SMILES string of the molecule is CCCCOc1ccccc1C(CN)N1CCCCC1CC. The van der Waals surface area contributed by atoms with Gasteiger partial charge in [0.05, 0.1) is 12.6 Å². The molecule has 0 aromatic heterocycles. The molecule has 1 heterocycles. The Bertz CT molecular complexity index is 435. The van der Waals surface area contributed by atoms with Crippen molar-refractivity contribution in [2.75, 3.05) is 19.7 Å². The summed E-state index contributed by atoms with van der Waals surface area (Å²) in [6, 6.07) is 9.40. The van der Waals surface area contributed by atoms with Crippen molar-refractivity contribution in [2.45, 2.75) is 64.5 Å². The lowest BCUT2D eigenvalue weighted by Gasteiger charge is -2.41. The summed E-state index contributed by atoms with van der Waals surface area (Å²) in [5.74, 6) is 1.02. The Morgan fingerprint density at radius 1 is 1.27 bits per heavy atom. The van der Waals surface area contributed by atoms with Gasteiger partial charge in [0.2, 0.25) is 0 Å². The molecule has 0 amide bonds. The van der Waals surface area contributed by atoms with E-state index in [1.54, 1.807) is 0 Å². The second kappa shape index (κ2) is 9.16. The number of likely N-dealkylation sites (tertiary alicyclic amines) is 1. The van der Waals surface area contributed by atoms with Gasteiger partial charge in [0.25, 0.3) is 0 Å². The van der Waals surface area contributed by atoms with Crippen molar-refractivity contribution in [3.8, 4) is 5.75 Å². The predicted octanol–water partition coefficient (Wildman–Crippen LogP) is 4.13. The summed E-state index contributed by atoms with van der Waals surface area (Å²) >= 11 is 0. The number of ether oxygens (including phenoxy) is 1. The van der Waals surface area contributed by atoms with Crippen molar-refractivity contribution in [3.05, 3.63) is 29.8 Å². The number of nitrogens with zero attached hydrogens (tertiary/aromatic N) is 1. The summed E-state index contributed by atoms with van der Waals surface area (Å²) in [6.07, 6.45) is 7.39. The first kappa shape index (κ1) is 17.3. The first-order valence-corrected chi connectivity index (χ1v) is 8.99. The fourth-order valence-electron chi connectivity index (χ4n) is 3.53. The molecule has 124 valence electrons. The summed E-state index contributed by atoms with van der Waals surface area (Å²) in [5.41, 5.74) is 7.44. The lowest BCUT2D eigenvalue weighted by molar-refractivity contribution is 0.0930. The molecular weight excluding hydrogens is 272 g/mol. The number of hydrogen-bond donors (Lipinski definition) is 1. The monoisotopic (exact) mass is 304 g/mol. The molecule has 2 N–H and O–H groups in total. The summed E-state index contributed by atoms with van der Waals surface area (Å²) in [5, 5.41) is 0. The molecule has 0 spiro atoms. The molecule has 1 aliphatic heterocycles. The summed E-state index contributed by atoms with van der Waals surface area (Å²) in [6.45, 7) is 7.09. The zero-order valence-corrected chi connectivity index (χ0v) is 14.3. The molecule has 3 heteroatoms. The van der Waals surface area contributed by atoms with Gasteiger partial charge in [-0.2, -0.15) is 0 Å². The number of hydrogen-bond acceptors (Lipinski definition) is 3. The molecule has 1 aliphatic rings. The van der Waals surface area contributed by atoms with E-state index in [1.807, 2.05) is 0 Å². The highest BCUT2D eigenvalue weighted by Crippen LogP contribution is 2.34. The summed E-state index contributed by atoms with van der Waals surface area (Å²) in [7, 11) is 0. The van der Waals surface area contributed by atoms with E-state index < -0.39 is 0 Å². The maximum absolute atomic E-state index is 6.18. The van der Waals surface area contributed by atoms with Crippen LogP contribution in [0.25, 0.3) is 0 Å². The van der Waals surface area contributed by atoms with Gasteiger partial charge < -0.3 is 10.5 Å². The van der Waals surface area contributed by atoms with Crippen LogP contribution in [0.2, 0.25) is 0 Å². The van der Waals surface area contributed by atoms with Gasteiger partial charge in [0, 0.05) is 18.2 Å². The van der Waals surface area contributed by atoms with Crippen LogP contribution in [0, 0.1) is 0 Å². The van der Waals surface area contributed by atoms with Crippen LogP contribution in [-0.4, -0.2) is 30.6 Å². The molecule has 1 fully saturated rings. The van der Waals surface area contributed by atoms with Crippen molar-refractivity contribution in [2.24, 2.45) is 5.73 Å². The third kappa shape index (κ3) is 4.23. The Labute approximate surface area is 135 Å². The van der Waals surface area contributed by atoms with Gasteiger partial charge in [-0.1, -0.05) is 44.9 Å². The van der Waals surface area contributed by atoms with E-state index >= 15 is 0 Å². The average Bonchev–Trinajstić information content (AvgIpc) is 2.57. The molecule has 1 aromatic rings. The van der Waals surface area contributed by atoms with E-state index in [-0.39, 0.29) is 6.04 Å². The smallest absolute Gasteiger partial charge is 0.124 e. The minimum absolute atomic E-state index is 0.281. The molecule has 2 unspecified atom stereocenters. The second-order valence-electron chi connectivity index (χ2n) is 6.29. The van der Waals surface area contributed by atoms with Gasteiger partial charge >= 0.3 is 0 Å². The van der Waals surface area contributed by atoms with Crippen LogP contribution < -0.4 is 10.5 Å². The van der Waals surface area contributed by atoms with Crippen LogP contribution in [0.4, 0.5) is 0 Å². The van der Waals surface area contributed by atoms with Crippen LogP contribution >= 0.6 is 0 Å². The van der Waals surface area contributed by atoms with Crippen LogP contribution in [0.1, 0.15) is 64.0 Å². The van der Waals surface area contributed by atoms with E-state index in [0.717, 1.165) is 31.7 Å². The summed E-state index contributed by atoms with van der Waals surface area (Å²) < 4.78 is 6.04. The second-order valence-corrected chi connectivity index (χ2v) is 6.29. The Morgan fingerprint density at radius 2 is 2.09 bits per heavy atom. The Hall–Kier alpha value is -1.06. The number of para-hydroxylation sites is 1. The first-order chi connectivity index (χ1) is 10.8. The molecular formula is C19H32N2O. The molecule has 1 saturated heterocycles. The molecule has 2 atom stereocenters. The molecule has 0 bridgehead atoms. The highest BCUT2D eigenvalue weighted by atomic mass is 16.5. The molecule has 0 saturated carbocycles. The quantitative estimate of drug-likeness (QED) is 0.734. The van der Waals surface area contributed by atoms with Gasteiger partial charge in [0.1, 0.15) is 5.75 Å². The van der Waals surface area contributed by atoms with Gasteiger partial charge in [-0.15, -0.1) is 0 Å². The number of benzene rings is 1. The van der Waals surface area contributed by atoms with Crippen molar-refractivity contribution < 1.29 is 4.74 Å². The zero-order valence-electron chi connectivity index (χ0n) is 14.3. The highest BCUT2D eigenvalue weighted by molar-refractivity contribution is 5.36. The van der Waals surface area contributed by atoms with E-state index in [9.17, 15) is 0 Å². The number of unbranched alkanes of at least 4 members (excludes halogenated alkanes) is 1. The maximum Gasteiger partial charge on any atom is 0.124 e. The Balaban J connectivity index is 2.18. The number of rotatable bonds is 8. The molecule has 2 rings (SSSR count). The molecule has 0 aliphatic carbocycles. The third-order valence-corrected chi connectivity index (χ3v) is 4.80. The van der Waals surface area contributed by atoms with E-state index in [0.29, 0.717) is 12.6 Å². The Morgan fingerprint density at radius 3 is 2.82 bits per heavy atom. The van der Waals surface area contributed by atoms with E-state index in [1.165, 1.54) is 31.2 Å². The van der Waals surface area contributed by atoms with Crippen molar-refractivity contribution in [3.63, 3.8) is 0 Å². The minimum Gasteiger partial charge on any atom is -0.493 e. The normalized spacial score (nSPS) is 20.8. The molecule has 22 heavy (non-hydrogen) atoms. The van der Waals surface area contributed by atoms with E-state index in [4.69, 9.17) is 10.5 Å². The first-order valence-electron chi connectivity index (χ1n) is 8.99. The molecule has 1 aromatic carbocycles. The van der Waals surface area contributed by atoms with Crippen molar-refractivity contribution in [1.82, 2.24) is 4.90 Å². The number of piperidine rings is 1. The number of nitrogens with two attached hydrogens (primary N) is 1. The van der Waals surface area contributed by atoms with Crippen molar-refractivity contribution in [1.29, 1.82) is 0 Å². The van der Waals surface area contributed by atoms with Crippen LogP contribution in [0.3, 0.4) is 0 Å². The van der Waals surface area contributed by atoms with Gasteiger partial charge in [-0.3, -0.25) is 4.90 Å². The lowest BCUT2D eigenvalue weighted by atomic mass is 9.94. The van der Waals surface area contributed by atoms with Gasteiger partial charge in [-0.05, 0) is 38.3 Å². The Kier molecular flexibility index (Phi) is 7.20. The van der Waals surface area contributed by atoms with Crippen LogP contribution in [0.5, 0.6) is 5.75 Å². The zero-order chi connectivity index (χ0) is 15.8. The van der Waals surface area contributed by atoms with E-state index in [2.05, 4.69) is 43.0 Å². The van der Waals surface area contributed by atoms with Crippen LogP contribution in [-0.2, 0) is 0 Å². The largest absolute Gasteiger partial charge is 0.493 e. The lowest BCUT2D eigenvalue weighted by Crippen LogP contribution is -2.44. The fraction of sp³-hybridized carbons (Fsp3) is 0.684. The standard InChI is InChI=1S/C19H32N2O/c1-3-5-14-22-19-12-7-6-11-17(19)18(15-20)21-13-9-8-10-16(21)4-2/h6-7,11-12,16,18H,3-5,8-10,13-15,20H2,1-2H3. The predicted molar refractivity (Wildman–Crippen MR) is 93.3 cm³/mol. The molecule has 3 nitrogen and oxygen atoms in total. The highest BCUT2D eigenvalue weighted by Gasteiger charge is 2.29. The minimum atomic E-state index is 0.281. The third-order valence-electron chi connectivity index (χ3n) is 4.80. The summed E-state index contributed by atoms with van der Waals surface area (Å²) in [4.78, 5) is 2.62. The average molecular weight is 304 g/mol. The van der Waals surface area contributed by atoms with Gasteiger partial charge in [-0.25, -0.2) is 0 Å². The van der Waals surface area contributed by atoms with Gasteiger partial charge in [0.15, 0.2) is 0 Å². The molecule has 0 radical (unpaired) electrons. The topological polar surface area (TPSA) is 38.5 Å².